The van der Waals surface area contributed by atoms with E-state index in [-0.39, 0.29) is 19.6 Å². The van der Waals surface area contributed by atoms with Crippen LogP contribution in [0.4, 0.5) is 16.2 Å². The van der Waals surface area contributed by atoms with Gasteiger partial charge in [0.05, 0.1) is 30.8 Å². The minimum Gasteiger partial charge on any atom is -0.462 e. The van der Waals surface area contributed by atoms with Crippen LogP contribution in [0.15, 0.2) is 72.1 Å². The summed E-state index contributed by atoms with van der Waals surface area (Å²) in [7, 11) is 0. The maximum absolute atomic E-state index is 13.3. The van der Waals surface area contributed by atoms with Crippen LogP contribution in [0, 0.1) is 0 Å². The Morgan fingerprint density at radius 3 is 2.53 bits per heavy atom. The second-order valence-corrected chi connectivity index (χ2v) is 8.60. The summed E-state index contributed by atoms with van der Waals surface area (Å²) >= 11 is 1.47. The Balaban J connectivity index is 1.54. The molecule has 1 saturated heterocycles. The molecule has 8 nitrogen and oxygen atoms in total. The topological polar surface area (TPSA) is 96.0 Å². The molecule has 1 unspecified atom stereocenters. The first kappa shape index (κ1) is 23.2. The number of esters is 1. The van der Waals surface area contributed by atoms with E-state index < -0.39 is 29.9 Å². The predicted octanol–water partition coefficient (Wildman–Crippen LogP) is 4.29. The molecule has 1 atom stereocenters. The smallest absolute Gasteiger partial charge is 0.338 e. The summed E-state index contributed by atoms with van der Waals surface area (Å²) in [6.07, 6.45) is -0.219. The van der Waals surface area contributed by atoms with Gasteiger partial charge in [-0.2, -0.15) is 0 Å². The first-order valence-corrected chi connectivity index (χ1v) is 11.6. The summed E-state index contributed by atoms with van der Waals surface area (Å²) in [4.78, 5) is 54.8. The van der Waals surface area contributed by atoms with Crippen LogP contribution >= 0.6 is 11.3 Å². The van der Waals surface area contributed by atoms with Crippen molar-refractivity contribution in [1.29, 1.82) is 0 Å². The molecule has 1 fully saturated rings. The van der Waals surface area contributed by atoms with Crippen molar-refractivity contribution >= 4 is 46.5 Å². The highest BCUT2D eigenvalue weighted by atomic mass is 32.1. The third kappa shape index (κ3) is 4.99. The molecule has 4 rings (SSSR count). The van der Waals surface area contributed by atoms with Crippen LogP contribution in [0.5, 0.6) is 0 Å². The zero-order valence-corrected chi connectivity index (χ0v) is 19.3. The van der Waals surface area contributed by atoms with Crippen molar-refractivity contribution in [1.82, 2.24) is 4.90 Å². The van der Waals surface area contributed by atoms with E-state index in [1.165, 1.54) is 22.3 Å². The van der Waals surface area contributed by atoms with Gasteiger partial charge in [0, 0.05) is 10.6 Å². The minimum atomic E-state index is -0.956. The van der Waals surface area contributed by atoms with E-state index in [9.17, 15) is 19.2 Å². The van der Waals surface area contributed by atoms with Crippen LogP contribution in [0.1, 0.15) is 28.6 Å². The average Bonchev–Trinajstić information content (AvgIpc) is 3.42. The molecule has 1 aliphatic heterocycles. The molecule has 1 aromatic heterocycles. The maximum Gasteiger partial charge on any atom is 0.338 e. The third-order valence-corrected chi connectivity index (χ3v) is 6.14. The van der Waals surface area contributed by atoms with Crippen LogP contribution in [0.25, 0.3) is 0 Å². The molecular weight excluding hydrogens is 454 g/mol. The van der Waals surface area contributed by atoms with E-state index in [0.29, 0.717) is 16.9 Å². The zero-order valence-electron chi connectivity index (χ0n) is 18.5. The summed E-state index contributed by atoms with van der Waals surface area (Å²) in [5, 5.41) is 4.62. The highest BCUT2D eigenvalue weighted by Crippen LogP contribution is 2.29. The number of para-hydroxylation sites is 1. The number of benzene rings is 2. The maximum atomic E-state index is 13.3. The second-order valence-electron chi connectivity index (χ2n) is 7.57. The van der Waals surface area contributed by atoms with Gasteiger partial charge in [0.2, 0.25) is 5.91 Å². The predicted molar refractivity (Wildman–Crippen MR) is 129 cm³/mol. The normalized spacial score (nSPS) is 15.5. The lowest BCUT2D eigenvalue weighted by Gasteiger charge is -2.21. The molecule has 2 heterocycles. The molecule has 0 radical (unpaired) electrons. The van der Waals surface area contributed by atoms with Gasteiger partial charge in [-0.15, -0.1) is 11.3 Å². The number of nitrogens with zero attached hydrogens (tertiary/aromatic N) is 2. The number of urea groups is 1. The molecule has 34 heavy (non-hydrogen) atoms. The van der Waals surface area contributed by atoms with Crippen LogP contribution in [0.2, 0.25) is 0 Å². The average molecular weight is 478 g/mol. The monoisotopic (exact) mass is 477 g/mol. The quantitative estimate of drug-likeness (QED) is 0.386. The van der Waals surface area contributed by atoms with Crippen molar-refractivity contribution in [2.45, 2.75) is 25.9 Å². The molecule has 3 aromatic rings. The van der Waals surface area contributed by atoms with E-state index in [0.717, 1.165) is 9.78 Å². The molecule has 0 bridgehead atoms. The number of anilines is 2. The molecule has 1 N–H and O–H groups in total. The number of hydrogen-bond acceptors (Lipinski definition) is 6. The fourth-order valence-corrected chi connectivity index (χ4v) is 4.43. The van der Waals surface area contributed by atoms with E-state index in [1.54, 1.807) is 55.5 Å². The van der Waals surface area contributed by atoms with Gasteiger partial charge in [-0.1, -0.05) is 30.3 Å². The molecule has 2 aromatic carbocycles. The molecule has 9 heteroatoms. The van der Waals surface area contributed by atoms with Gasteiger partial charge >= 0.3 is 12.0 Å². The summed E-state index contributed by atoms with van der Waals surface area (Å²) in [5.74, 6) is -1.39. The highest BCUT2D eigenvalue weighted by molar-refractivity contribution is 7.09. The number of rotatable bonds is 8. The number of carbonyl (C=O) groups excluding carboxylic acids is 4. The van der Waals surface area contributed by atoms with Crippen LogP contribution < -0.4 is 10.2 Å². The number of hydrogen-bond donors (Lipinski definition) is 1. The number of thiophene rings is 1. The molecule has 0 aliphatic carbocycles. The largest absolute Gasteiger partial charge is 0.462 e. The Bertz CT molecular complexity index is 1200. The summed E-state index contributed by atoms with van der Waals surface area (Å²) < 4.78 is 4.99. The lowest BCUT2D eigenvalue weighted by atomic mass is 10.1. The summed E-state index contributed by atoms with van der Waals surface area (Å²) in [5.41, 5.74) is 1.16. The Kier molecular flexibility index (Phi) is 7.03. The summed E-state index contributed by atoms with van der Waals surface area (Å²) in [6.45, 7) is 2.18. The number of amides is 4. The fraction of sp³-hybridized carbons (Fsp3) is 0.200. The number of ether oxygens (including phenoxy) is 1. The summed E-state index contributed by atoms with van der Waals surface area (Å²) in [6, 6.07) is 17.4. The number of imide groups is 1. The lowest BCUT2D eigenvalue weighted by Crippen LogP contribution is -2.37. The van der Waals surface area contributed by atoms with Gasteiger partial charge < -0.3 is 15.0 Å². The van der Waals surface area contributed by atoms with E-state index >= 15 is 0 Å². The minimum absolute atomic E-state index is 0.219. The van der Waals surface area contributed by atoms with Gasteiger partial charge in [-0.25, -0.2) is 14.5 Å². The van der Waals surface area contributed by atoms with E-state index in [4.69, 9.17) is 4.74 Å². The SMILES string of the molecule is CCOC(=O)c1cccc(NC(=O)CC2C(=O)N(c3ccccc3)C(=O)N2Cc2cccs2)c1. The van der Waals surface area contributed by atoms with Crippen molar-refractivity contribution in [3.8, 4) is 0 Å². The Morgan fingerprint density at radius 1 is 1.03 bits per heavy atom. The van der Waals surface area contributed by atoms with Crippen molar-refractivity contribution in [2.75, 3.05) is 16.8 Å². The first-order chi connectivity index (χ1) is 16.5. The highest BCUT2D eigenvalue weighted by Gasteiger charge is 2.46. The Hall–Kier alpha value is -3.98. The number of carbonyl (C=O) groups is 4. The van der Waals surface area contributed by atoms with Crippen LogP contribution in [0.3, 0.4) is 0 Å². The lowest BCUT2D eigenvalue weighted by molar-refractivity contribution is -0.124. The fourth-order valence-electron chi connectivity index (χ4n) is 3.72. The molecular formula is C25H23N3O5S. The van der Waals surface area contributed by atoms with Crippen molar-refractivity contribution in [2.24, 2.45) is 0 Å². The van der Waals surface area contributed by atoms with Gasteiger partial charge in [-0.05, 0) is 48.7 Å². The Morgan fingerprint density at radius 2 is 1.82 bits per heavy atom. The van der Waals surface area contributed by atoms with Crippen molar-refractivity contribution in [3.05, 3.63) is 82.6 Å². The number of nitrogens with one attached hydrogen (secondary N) is 1. The standard InChI is InChI=1S/C25H23N3O5S/c1-2-33-24(31)17-8-6-9-18(14-17)26-22(29)15-21-23(30)28(19-10-4-3-5-11-19)25(32)27(21)16-20-12-7-13-34-20/h3-14,21H,2,15-16H2,1H3,(H,26,29). The van der Waals surface area contributed by atoms with Crippen LogP contribution in [-0.4, -0.2) is 41.4 Å². The molecule has 174 valence electrons. The van der Waals surface area contributed by atoms with Crippen molar-refractivity contribution < 1.29 is 23.9 Å². The first-order valence-electron chi connectivity index (χ1n) is 10.8. The van der Waals surface area contributed by atoms with Gasteiger partial charge in [0.1, 0.15) is 6.04 Å². The van der Waals surface area contributed by atoms with E-state index in [2.05, 4.69) is 5.32 Å². The Labute approximate surface area is 200 Å². The van der Waals surface area contributed by atoms with E-state index in [1.807, 2.05) is 17.5 Å². The van der Waals surface area contributed by atoms with Gasteiger partial charge in [0.25, 0.3) is 5.91 Å². The van der Waals surface area contributed by atoms with Gasteiger partial charge in [-0.3, -0.25) is 9.59 Å². The molecule has 1 aliphatic rings. The van der Waals surface area contributed by atoms with Crippen molar-refractivity contribution in [3.63, 3.8) is 0 Å². The molecule has 0 saturated carbocycles. The molecule has 0 spiro atoms. The van der Waals surface area contributed by atoms with Gasteiger partial charge in [0.15, 0.2) is 0 Å². The third-order valence-electron chi connectivity index (χ3n) is 5.28. The van der Waals surface area contributed by atoms with Crippen LogP contribution in [-0.2, 0) is 20.9 Å². The second kappa shape index (κ2) is 10.3. The zero-order chi connectivity index (χ0) is 24.1. The molecule has 4 amide bonds.